The number of nitrogens with one attached hydrogen (secondary N) is 2. The quantitative estimate of drug-likeness (QED) is 0.304. The van der Waals surface area contributed by atoms with Crippen LogP contribution in [0.5, 0.6) is 11.5 Å². The first-order valence-corrected chi connectivity index (χ1v) is 11.9. The number of hydrogen-bond acceptors (Lipinski definition) is 8. The Bertz CT molecular complexity index is 1050. The second-order valence-corrected chi connectivity index (χ2v) is 9.76. The van der Waals surface area contributed by atoms with Crippen molar-refractivity contribution in [2.24, 2.45) is 5.92 Å². The molecule has 0 aliphatic rings. The molecule has 2 N–H and O–H groups in total. The van der Waals surface area contributed by atoms with Crippen LogP contribution in [0.15, 0.2) is 35.6 Å². The highest BCUT2D eigenvalue weighted by molar-refractivity contribution is 7.99. The average molecular weight is 473 g/mol. The Morgan fingerprint density at radius 3 is 2.52 bits per heavy atom. The van der Waals surface area contributed by atoms with Gasteiger partial charge in [0.15, 0.2) is 17.4 Å². The highest BCUT2D eigenvalue weighted by Gasteiger charge is 2.15. The van der Waals surface area contributed by atoms with Gasteiger partial charge in [0.05, 0.1) is 25.2 Å². The Morgan fingerprint density at radius 1 is 1.12 bits per heavy atom. The highest BCUT2D eigenvalue weighted by atomic mass is 32.2. The molecule has 2 heterocycles. The first kappa shape index (κ1) is 24.6. The number of benzene rings is 1. The predicted octanol–water partition coefficient (Wildman–Crippen LogP) is 3.60. The number of aromatic nitrogens is 4. The van der Waals surface area contributed by atoms with Crippen LogP contribution < -0.4 is 20.1 Å². The minimum absolute atomic E-state index is 0.0627. The molecule has 0 saturated carbocycles. The van der Waals surface area contributed by atoms with Crippen LogP contribution in [-0.2, 0) is 11.3 Å². The number of rotatable bonds is 12. The fourth-order valence-corrected chi connectivity index (χ4v) is 3.68. The number of nitrogens with zero attached hydrogens (tertiary/aromatic N) is 4. The summed E-state index contributed by atoms with van der Waals surface area (Å²) in [7, 11) is 1.60. The molecule has 33 heavy (non-hydrogen) atoms. The molecule has 0 bridgehead atoms. The molecule has 0 atom stereocenters. The monoisotopic (exact) mass is 472 g/mol. The van der Waals surface area contributed by atoms with Gasteiger partial charge in [0.2, 0.25) is 0 Å². The molecule has 0 fully saturated rings. The summed E-state index contributed by atoms with van der Waals surface area (Å²) in [4.78, 5) is 21.6. The molecular weight excluding hydrogens is 440 g/mol. The van der Waals surface area contributed by atoms with E-state index < -0.39 is 0 Å². The maximum atomic E-state index is 12.2. The lowest BCUT2D eigenvalue weighted by atomic mass is 10.2. The van der Waals surface area contributed by atoms with Crippen LogP contribution in [0.1, 0.15) is 27.7 Å². The molecule has 3 rings (SSSR count). The van der Waals surface area contributed by atoms with Gasteiger partial charge in [-0.25, -0.2) is 14.6 Å². The van der Waals surface area contributed by atoms with Crippen LogP contribution in [0.4, 0.5) is 5.82 Å². The predicted molar refractivity (Wildman–Crippen MR) is 131 cm³/mol. The molecule has 1 aromatic carbocycles. The van der Waals surface area contributed by atoms with Crippen LogP contribution in [0, 0.1) is 5.92 Å². The van der Waals surface area contributed by atoms with E-state index >= 15 is 0 Å². The number of anilines is 1. The van der Waals surface area contributed by atoms with Gasteiger partial charge in [-0.15, -0.1) is 0 Å². The minimum atomic E-state index is -0.202. The summed E-state index contributed by atoms with van der Waals surface area (Å²) in [6.45, 7) is 10.2. The van der Waals surface area contributed by atoms with Crippen LogP contribution in [0.3, 0.4) is 0 Å². The maximum absolute atomic E-state index is 12.2. The van der Waals surface area contributed by atoms with E-state index in [-0.39, 0.29) is 12.5 Å². The van der Waals surface area contributed by atoms with Crippen molar-refractivity contribution in [1.82, 2.24) is 25.1 Å². The normalized spacial score (nSPS) is 11.2. The first-order valence-electron chi connectivity index (χ1n) is 11.0. The molecule has 3 aromatic rings. The van der Waals surface area contributed by atoms with Gasteiger partial charge < -0.3 is 20.1 Å². The summed E-state index contributed by atoms with van der Waals surface area (Å²) < 4.78 is 12.4. The first-order chi connectivity index (χ1) is 15.9. The third-order valence-corrected chi connectivity index (χ3v) is 5.43. The molecule has 0 radical (unpaired) electrons. The maximum Gasteiger partial charge on any atom is 0.258 e. The van der Waals surface area contributed by atoms with Gasteiger partial charge in [-0.05, 0) is 30.2 Å². The number of carbonyl (C=O) groups is 1. The number of methoxy groups -OCH3 is 1. The van der Waals surface area contributed by atoms with E-state index in [4.69, 9.17) is 19.4 Å². The SMILES string of the molecule is COc1ccc(OCC(=O)NCCn2ncc3c(NCC(C)C)nc(SC(C)C)nc32)cc1. The lowest BCUT2D eigenvalue weighted by Gasteiger charge is -2.12. The van der Waals surface area contributed by atoms with Crippen molar-refractivity contribution >= 4 is 34.5 Å². The zero-order valence-corrected chi connectivity index (χ0v) is 20.6. The Hall–Kier alpha value is -3.01. The average Bonchev–Trinajstić information content (AvgIpc) is 3.19. The van der Waals surface area contributed by atoms with Crippen molar-refractivity contribution in [2.45, 2.75) is 44.6 Å². The topological polar surface area (TPSA) is 103 Å². The molecule has 10 heteroatoms. The third kappa shape index (κ3) is 7.24. The Balaban J connectivity index is 1.60. The van der Waals surface area contributed by atoms with Crippen LogP contribution in [0.25, 0.3) is 11.0 Å². The van der Waals surface area contributed by atoms with E-state index in [2.05, 4.69) is 43.4 Å². The minimum Gasteiger partial charge on any atom is -0.497 e. The number of ether oxygens (including phenoxy) is 2. The summed E-state index contributed by atoms with van der Waals surface area (Å²) in [5.41, 5.74) is 0.753. The van der Waals surface area contributed by atoms with E-state index in [1.54, 1.807) is 54.0 Å². The van der Waals surface area contributed by atoms with Crippen molar-refractivity contribution in [1.29, 1.82) is 0 Å². The highest BCUT2D eigenvalue weighted by Crippen LogP contribution is 2.26. The van der Waals surface area contributed by atoms with E-state index in [1.807, 2.05) is 0 Å². The molecule has 0 saturated heterocycles. The third-order valence-electron chi connectivity index (χ3n) is 4.57. The van der Waals surface area contributed by atoms with Gasteiger partial charge in [0, 0.05) is 18.3 Å². The molecule has 0 unspecified atom stereocenters. The molecular formula is C23H32N6O3S. The zero-order valence-electron chi connectivity index (χ0n) is 19.8. The number of carbonyl (C=O) groups excluding carboxylic acids is 1. The number of fused-ring (bicyclic) bond motifs is 1. The molecule has 0 aliphatic heterocycles. The van der Waals surface area contributed by atoms with Crippen LogP contribution in [0.2, 0.25) is 0 Å². The Morgan fingerprint density at radius 2 is 1.85 bits per heavy atom. The standard InChI is InChI=1S/C23H32N6O3S/c1-15(2)12-25-21-19-13-26-29(22(19)28-23(27-21)33-16(3)4)11-10-24-20(30)14-32-18-8-6-17(31-5)7-9-18/h6-9,13,15-16H,10-12,14H2,1-5H3,(H,24,30)(H,25,27,28). The van der Waals surface area contributed by atoms with Crippen LogP contribution in [-0.4, -0.2) is 57.7 Å². The Kier molecular flexibility index (Phi) is 8.76. The second-order valence-electron chi connectivity index (χ2n) is 8.22. The van der Waals surface area contributed by atoms with E-state index in [1.165, 1.54) is 0 Å². The zero-order chi connectivity index (χ0) is 23.8. The molecule has 9 nitrogen and oxygen atoms in total. The number of thioether (sulfide) groups is 1. The number of amides is 1. The summed E-state index contributed by atoms with van der Waals surface area (Å²) in [6, 6.07) is 7.10. The fraction of sp³-hybridized carbons (Fsp3) is 0.478. The lowest BCUT2D eigenvalue weighted by Crippen LogP contribution is -2.31. The van der Waals surface area contributed by atoms with Gasteiger partial charge in [-0.2, -0.15) is 5.10 Å². The van der Waals surface area contributed by atoms with Gasteiger partial charge >= 0.3 is 0 Å². The van der Waals surface area contributed by atoms with Gasteiger partial charge in [-0.1, -0.05) is 39.5 Å². The van der Waals surface area contributed by atoms with Gasteiger partial charge in [-0.3, -0.25) is 4.79 Å². The lowest BCUT2D eigenvalue weighted by molar-refractivity contribution is -0.123. The second kappa shape index (κ2) is 11.7. The molecule has 2 aromatic heterocycles. The van der Waals surface area contributed by atoms with Crippen molar-refractivity contribution in [3.05, 3.63) is 30.5 Å². The molecule has 178 valence electrons. The summed E-state index contributed by atoms with van der Waals surface area (Å²) in [5.74, 6) is 2.42. The molecule has 1 amide bonds. The van der Waals surface area contributed by atoms with Crippen molar-refractivity contribution in [2.75, 3.05) is 32.1 Å². The summed E-state index contributed by atoms with van der Waals surface area (Å²) in [6.07, 6.45) is 1.77. The largest absolute Gasteiger partial charge is 0.497 e. The van der Waals surface area contributed by atoms with Crippen molar-refractivity contribution in [3.8, 4) is 11.5 Å². The molecule has 0 spiro atoms. The molecule has 0 aliphatic carbocycles. The van der Waals surface area contributed by atoms with Crippen molar-refractivity contribution < 1.29 is 14.3 Å². The van der Waals surface area contributed by atoms with E-state index in [0.717, 1.165) is 29.1 Å². The van der Waals surface area contributed by atoms with Crippen molar-refractivity contribution in [3.63, 3.8) is 0 Å². The smallest absolute Gasteiger partial charge is 0.258 e. The van der Waals surface area contributed by atoms with Crippen LogP contribution >= 0.6 is 11.8 Å². The van der Waals surface area contributed by atoms with Gasteiger partial charge in [0.25, 0.3) is 5.91 Å². The summed E-state index contributed by atoms with van der Waals surface area (Å²) in [5, 5.41) is 12.7. The summed E-state index contributed by atoms with van der Waals surface area (Å²) >= 11 is 1.61. The van der Waals surface area contributed by atoms with E-state index in [9.17, 15) is 4.79 Å². The fourth-order valence-electron chi connectivity index (χ4n) is 2.97. The van der Waals surface area contributed by atoms with Gasteiger partial charge in [0.1, 0.15) is 17.3 Å². The number of hydrogen-bond donors (Lipinski definition) is 2. The Labute approximate surface area is 198 Å². The van der Waals surface area contributed by atoms with E-state index in [0.29, 0.717) is 35.2 Å².